The number of rotatable bonds is 7. The van der Waals surface area contributed by atoms with Crippen molar-refractivity contribution in [1.82, 2.24) is 19.4 Å². The van der Waals surface area contributed by atoms with Gasteiger partial charge in [-0.25, -0.2) is 4.79 Å². The maximum Gasteiger partial charge on any atom is 0.390 e. The van der Waals surface area contributed by atoms with Gasteiger partial charge in [-0.2, -0.15) is 13.2 Å². The summed E-state index contributed by atoms with van der Waals surface area (Å²) in [7, 11) is 1.57. The molecule has 1 aliphatic heterocycles. The smallest absolute Gasteiger partial charge is 0.364 e. The summed E-state index contributed by atoms with van der Waals surface area (Å²) in [6.07, 6.45) is -2.35. The first kappa shape index (κ1) is 26.9. The number of aryl methyl sites for hydroxylation is 2. The number of hydrogen-bond acceptors (Lipinski definition) is 8. The molecule has 13 heteroatoms. The predicted molar refractivity (Wildman–Crippen MR) is 128 cm³/mol. The number of nitrogens with zero attached hydrogens (tertiary/aromatic N) is 4. The standard InChI is InChI=1S/C21H28F3N5O3S.CH2O/c1-13-15(11-27-10-8-25-19(27)26-12-32-2)33-18-16(13)17(30)29(14-5-3-4-6-14)20(31)28(18)9-7-21(22,23)24;1-2/h14H,3-12H2,1-2H3,(H,25,26);1H2. The van der Waals surface area contributed by atoms with Crippen LogP contribution < -0.4 is 16.6 Å². The first-order valence-electron chi connectivity index (χ1n) is 11.4. The first-order valence-corrected chi connectivity index (χ1v) is 12.2. The number of ether oxygens (including phenoxy) is 1. The van der Waals surface area contributed by atoms with E-state index in [0.717, 1.165) is 22.3 Å². The molecule has 1 aliphatic carbocycles. The van der Waals surface area contributed by atoms with Crippen LogP contribution >= 0.6 is 11.3 Å². The number of hydrogen-bond donors (Lipinski definition) is 1. The summed E-state index contributed by atoms with van der Waals surface area (Å²) < 4.78 is 46.5. The average molecular weight is 518 g/mol. The summed E-state index contributed by atoms with van der Waals surface area (Å²) >= 11 is 1.22. The Morgan fingerprint density at radius 2 is 1.91 bits per heavy atom. The topological polar surface area (TPSA) is 97.9 Å². The Morgan fingerprint density at radius 3 is 2.54 bits per heavy atom. The molecule has 1 N–H and O–H groups in total. The number of aromatic nitrogens is 2. The van der Waals surface area contributed by atoms with Gasteiger partial charge in [-0.05, 0) is 25.3 Å². The van der Waals surface area contributed by atoms with Crippen molar-refractivity contribution in [1.29, 1.82) is 0 Å². The third kappa shape index (κ3) is 5.77. The van der Waals surface area contributed by atoms with Crippen molar-refractivity contribution in [2.24, 2.45) is 4.99 Å². The summed E-state index contributed by atoms with van der Waals surface area (Å²) in [4.78, 5) is 42.3. The van der Waals surface area contributed by atoms with Crippen molar-refractivity contribution < 1.29 is 22.7 Å². The van der Waals surface area contributed by atoms with Crippen LogP contribution in [0.1, 0.15) is 48.6 Å². The third-order valence-electron chi connectivity index (χ3n) is 6.29. The molecule has 35 heavy (non-hydrogen) atoms. The van der Waals surface area contributed by atoms with E-state index < -0.39 is 30.4 Å². The van der Waals surface area contributed by atoms with E-state index in [2.05, 4.69) is 10.3 Å². The number of halogens is 3. The summed E-state index contributed by atoms with van der Waals surface area (Å²) in [5.41, 5.74) is -0.315. The SMILES string of the molecule is C=O.COCNC1=NCCN1Cc1sc2c(c1C)c(=O)n(C1CCCC1)c(=O)n2CCC(F)(F)F. The molecule has 0 unspecified atom stereocenters. The van der Waals surface area contributed by atoms with Crippen LogP contribution in [-0.2, 0) is 22.6 Å². The zero-order valence-corrected chi connectivity index (χ0v) is 20.6. The highest BCUT2D eigenvalue weighted by molar-refractivity contribution is 7.18. The van der Waals surface area contributed by atoms with Crippen LogP contribution in [0.25, 0.3) is 10.2 Å². The molecule has 1 fully saturated rings. The summed E-state index contributed by atoms with van der Waals surface area (Å²) in [6.45, 7) is 5.33. The Hall–Kier alpha value is -2.67. The molecular formula is C22H30F3N5O4S. The number of alkyl halides is 3. The highest BCUT2D eigenvalue weighted by Gasteiger charge is 2.31. The van der Waals surface area contributed by atoms with Crippen molar-refractivity contribution in [3.05, 3.63) is 31.3 Å². The molecule has 0 spiro atoms. The van der Waals surface area contributed by atoms with Gasteiger partial charge < -0.3 is 19.7 Å². The molecule has 0 aromatic carbocycles. The summed E-state index contributed by atoms with van der Waals surface area (Å²) in [5.74, 6) is 0.673. The molecule has 9 nitrogen and oxygen atoms in total. The third-order valence-corrected chi connectivity index (χ3v) is 7.59. The molecule has 0 atom stereocenters. The Morgan fingerprint density at radius 1 is 1.23 bits per heavy atom. The molecule has 4 rings (SSSR count). The van der Waals surface area contributed by atoms with Crippen LogP contribution in [0.15, 0.2) is 14.6 Å². The molecule has 0 saturated heterocycles. The fourth-order valence-electron chi connectivity index (χ4n) is 4.60. The van der Waals surface area contributed by atoms with Gasteiger partial charge in [0.25, 0.3) is 5.56 Å². The normalized spacial score (nSPS) is 16.5. The van der Waals surface area contributed by atoms with E-state index in [9.17, 15) is 22.8 Å². The molecule has 1 saturated carbocycles. The Kier molecular flexibility index (Phi) is 8.75. The van der Waals surface area contributed by atoms with Crippen LogP contribution in [0.4, 0.5) is 13.2 Å². The van der Waals surface area contributed by atoms with Gasteiger partial charge in [0, 0.05) is 31.1 Å². The van der Waals surface area contributed by atoms with Gasteiger partial charge in [-0.3, -0.25) is 18.9 Å². The van der Waals surface area contributed by atoms with Gasteiger partial charge in [0.2, 0.25) is 0 Å². The van der Waals surface area contributed by atoms with E-state index in [1.165, 1.54) is 15.9 Å². The number of thiophene rings is 1. The van der Waals surface area contributed by atoms with Crippen LogP contribution in [0.3, 0.4) is 0 Å². The van der Waals surface area contributed by atoms with Crippen molar-refractivity contribution in [2.45, 2.75) is 64.3 Å². The number of carbonyl (C=O) groups is 1. The van der Waals surface area contributed by atoms with E-state index >= 15 is 0 Å². The Bertz CT molecular complexity index is 1180. The van der Waals surface area contributed by atoms with E-state index in [1.54, 1.807) is 7.11 Å². The van der Waals surface area contributed by atoms with Gasteiger partial charge in [-0.15, -0.1) is 11.3 Å². The Balaban J connectivity index is 0.00000167. The zero-order valence-electron chi connectivity index (χ0n) is 19.8. The fraction of sp³-hybridized carbons (Fsp3) is 0.636. The number of guanidine groups is 1. The zero-order chi connectivity index (χ0) is 25.8. The number of fused-ring (bicyclic) bond motifs is 1. The molecule has 3 heterocycles. The second kappa shape index (κ2) is 11.4. The van der Waals surface area contributed by atoms with Crippen LogP contribution in [-0.4, -0.2) is 59.9 Å². The van der Waals surface area contributed by atoms with Crippen molar-refractivity contribution in [3.8, 4) is 0 Å². The number of nitrogens with one attached hydrogen (secondary N) is 1. The van der Waals surface area contributed by atoms with Crippen molar-refractivity contribution in [2.75, 3.05) is 26.9 Å². The van der Waals surface area contributed by atoms with Crippen LogP contribution in [0.5, 0.6) is 0 Å². The minimum atomic E-state index is -4.40. The van der Waals surface area contributed by atoms with Gasteiger partial charge in [0.1, 0.15) is 18.4 Å². The van der Waals surface area contributed by atoms with Crippen LogP contribution in [0.2, 0.25) is 0 Å². The largest absolute Gasteiger partial charge is 0.390 e. The van der Waals surface area contributed by atoms with Gasteiger partial charge >= 0.3 is 11.9 Å². The molecule has 0 bridgehead atoms. The molecule has 2 aliphatic rings. The quantitative estimate of drug-likeness (QED) is 0.568. The average Bonchev–Trinajstić information content (AvgIpc) is 3.55. The molecule has 2 aromatic rings. The minimum Gasteiger partial charge on any atom is -0.364 e. The van der Waals surface area contributed by atoms with E-state index in [-0.39, 0.29) is 6.04 Å². The highest BCUT2D eigenvalue weighted by atomic mass is 32.1. The highest BCUT2D eigenvalue weighted by Crippen LogP contribution is 2.32. The summed E-state index contributed by atoms with van der Waals surface area (Å²) in [6, 6.07) is -0.259. The van der Waals surface area contributed by atoms with Gasteiger partial charge in [-0.1, -0.05) is 12.8 Å². The molecule has 2 aromatic heterocycles. The second-order valence-electron chi connectivity index (χ2n) is 8.48. The molecule has 0 amide bonds. The maximum atomic E-state index is 13.4. The number of carbonyl (C=O) groups excluding carboxylic acids is 1. The lowest BCUT2D eigenvalue weighted by Crippen LogP contribution is -2.42. The van der Waals surface area contributed by atoms with Gasteiger partial charge in [0.15, 0.2) is 5.96 Å². The minimum absolute atomic E-state index is 0.259. The second-order valence-corrected chi connectivity index (χ2v) is 9.56. The summed E-state index contributed by atoms with van der Waals surface area (Å²) in [5, 5.41) is 3.44. The fourth-order valence-corrected chi connectivity index (χ4v) is 5.93. The lowest BCUT2D eigenvalue weighted by Gasteiger charge is -2.20. The maximum absolute atomic E-state index is 13.4. The van der Waals surface area contributed by atoms with E-state index in [0.29, 0.717) is 60.9 Å². The molecule has 0 radical (unpaired) electrons. The Labute approximate surface area is 204 Å². The van der Waals surface area contributed by atoms with E-state index in [4.69, 9.17) is 9.53 Å². The monoisotopic (exact) mass is 517 g/mol. The van der Waals surface area contributed by atoms with E-state index in [1.807, 2.05) is 18.6 Å². The van der Waals surface area contributed by atoms with Crippen molar-refractivity contribution in [3.63, 3.8) is 0 Å². The molecule has 194 valence electrons. The number of aliphatic imine (C=N–C) groups is 1. The van der Waals surface area contributed by atoms with Crippen molar-refractivity contribution >= 4 is 34.3 Å². The lowest BCUT2D eigenvalue weighted by molar-refractivity contribution is -0.136. The predicted octanol–water partition coefficient (Wildman–Crippen LogP) is 2.78. The van der Waals surface area contributed by atoms with Crippen LogP contribution in [0, 0.1) is 6.92 Å². The van der Waals surface area contributed by atoms with Gasteiger partial charge in [0.05, 0.1) is 24.9 Å². The lowest BCUT2D eigenvalue weighted by atomic mass is 10.2. The first-order chi connectivity index (χ1) is 16.7. The molecular weight excluding hydrogens is 487 g/mol. The number of methoxy groups -OCH3 is 1.